The van der Waals surface area contributed by atoms with Crippen molar-refractivity contribution in [3.63, 3.8) is 0 Å². The predicted octanol–water partition coefficient (Wildman–Crippen LogP) is 4.49. The van der Waals surface area contributed by atoms with Crippen LogP contribution in [0.4, 0.5) is 0 Å². The number of thiazole rings is 1. The molecule has 3 rings (SSSR count). The van der Waals surface area contributed by atoms with Crippen molar-refractivity contribution in [2.75, 3.05) is 0 Å². The van der Waals surface area contributed by atoms with E-state index in [0.717, 1.165) is 16.3 Å². The van der Waals surface area contributed by atoms with E-state index in [1.54, 1.807) is 17.5 Å². The standard InChI is InChI=1S/C16H14N2S/c1-11-5-6-14(12(2)8-11)15-10-19-16(18-15)13-4-3-7-17-9-13/h3-10H,1-2H3. The highest BCUT2D eigenvalue weighted by atomic mass is 32.1. The van der Waals surface area contributed by atoms with Crippen molar-refractivity contribution in [3.8, 4) is 21.8 Å². The normalized spacial score (nSPS) is 10.6. The Kier molecular flexibility index (Phi) is 3.13. The zero-order chi connectivity index (χ0) is 13.2. The van der Waals surface area contributed by atoms with Gasteiger partial charge in [-0.15, -0.1) is 11.3 Å². The first kappa shape index (κ1) is 12.1. The Bertz CT molecular complexity index is 702. The molecule has 0 aliphatic rings. The smallest absolute Gasteiger partial charge is 0.125 e. The summed E-state index contributed by atoms with van der Waals surface area (Å²) in [6.07, 6.45) is 3.63. The van der Waals surface area contributed by atoms with Crippen molar-refractivity contribution < 1.29 is 0 Å². The summed E-state index contributed by atoms with van der Waals surface area (Å²) in [5.74, 6) is 0. The van der Waals surface area contributed by atoms with Crippen molar-refractivity contribution in [1.29, 1.82) is 0 Å². The van der Waals surface area contributed by atoms with Gasteiger partial charge in [0.2, 0.25) is 0 Å². The second-order valence-corrected chi connectivity index (χ2v) is 5.46. The van der Waals surface area contributed by atoms with Crippen LogP contribution in [0.1, 0.15) is 11.1 Å². The first-order chi connectivity index (χ1) is 9.24. The fourth-order valence-corrected chi connectivity index (χ4v) is 2.93. The summed E-state index contributed by atoms with van der Waals surface area (Å²) >= 11 is 1.66. The molecule has 0 saturated heterocycles. The number of nitrogens with zero attached hydrogens (tertiary/aromatic N) is 2. The van der Waals surface area contributed by atoms with E-state index in [-0.39, 0.29) is 0 Å². The summed E-state index contributed by atoms with van der Waals surface area (Å²) in [4.78, 5) is 8.86. The van der Waals surface area contributed by atoms with Crippen LogP contribution < -0.4 is 0 Å². The minimum atomic E-state index is 1.02. The number of pyridine rings is 1. The molecule has 2 heterocycles. The van der Waals surface area contributed by atoms with Crippen LogP contribution >= 0.6 is 11.3 Å². The lowest BCUT2D eigenvalue weighted by atomic mass is 10.0. The number of benzene rings is 1. The van der Waals surface area contributed by atoms with Gasteiger partial charge in [-0.25, -0.2) is 4.98 Å². The van der Waals surface area contributed by atoms with Gasteiger partial charge in [0.1, 0.15) is 5.01 Å². The van der Waals surface area contributed by atoms with E-state index in [1.807, 2.05) is 18.3 Å². The third-order valence-electron chi connectivity index (χ3n) is 3.07. The lowest BCUT2D eigenvalue weighted by Crippen LogP contribution is -1.85. The Hall–Kier alpha value is -2.00. The molecule has 3 heteroatoms. The maximum atomic E-state index is 4.72. The first-order valence-electron chi connectivity index (χ1n) is 6.17. The maximum absolute atomic E-state index is 4.72. The van der Waals surface area contributed by atoms with Crippen molar-refractivity contribution in [2.45, 2.75) is 13.8 Å². The summed E-state index contributed by atoms with van der Waals surface area (Å²) in [6, 6.07) is 10.4. The highest BCUT2D eigenvalue weighted by Crippen LogP contribution is 2.30. The van der Waals surface area contributed by atoms with Gasteiger partial charge in [-0.05, 0) is 31.5 Å². The van der Waals surface area contributed by atoms with Gasteiger partial charge < -0.3 is 0 Å². The van der Waals surface area contributed by atoms with Gasteiger partial charge in [-0.2, -0.15) is 0 Å². The monoisotopic (exact) mass is 266 g/mol. The lowest BCUT2D eigenvalue weighted by Gasteiger charge is -2.03. The van der Waals surface area contributed by atoms with E-state index in [1.165, 1.54) is 16.7 Å². The lowest BCUT2D eigenvalue weighted by molar-refractivity contribution is 1.30. The summed E-state index contributed by atoms with van der Waals surface area (Å²) in [6.45, 7) is 4.24. The van der Waals surface area contributed by atoms with E-state index < -0.39 is 0 Å². The summed E-state index contributed by atoms with van der Waals surface area (Å²) in [5, 5.41) is 3.13. The highest BCUT2D eigenvalue weighted by molar-refractivity contribution is 7.13. The molecule has 3 aromatic rings. The van der Waals surface area contributed by atoms with Crippen LogP contribution in [0.15, 0.2) is 48.1 Å². The summed E-state index contributed by atoms with van der Waals surface area (Å²) in [7, 11) is 0. The van der Waals surface area contributed by atoms with E-state index in [4.69, 9.17) is 4.98 Å². The van der Waals surface area contributed by atoms with Gasteiger partial charge in [-0.1, -0.05) is 23.8 Å². The molecule has 2 aromatic heterocycles. The molecule has 0 unspecified atom stereocenters. The summed E-state index contributed by atoms with van der Waals surface area (Å²) in [5.41, 5.74) is 5.87. The Balaban J connectivity index is 2.02. The molecule has 0 amide bonds. The zero-order valence-corrected chi connectivity index (χ0v) is 11.7. The zero-order valence-electron chi connectivity index (χ0n) is 10.9. The maximum Gasteiger partial charge on any atom is 0.125 e. The molecule has 0 saturated carbocycles. The Labute approximate surface area is 116 Å². The molecular weight excluding hydrogens is 252 g/mol. The van der Waals surface area contributed by atoms with Crippen LogP contribution in [-0.4, -0.2) is 9.97 Å². The topological polar surface area (TPSA) is 25.8 Å². The van der Waals surface area contributed by atoms with Crippen molar-refractivity contribution in [1.82, 2.24) is 9.97 Å². The molecule has 0 atom stereocenters. The van der Waals surface area contributed by atoms with Crippen molar-refractivity contribution in [3.05, 3.63) is 59.2 Å². The molecule has 0 fully saturated rings. The van der Waals surface area contributed by atoms with Crippen LogP contribution in [-0.2, 0) is 0 Å². The van der Waals surface area contributed by atoms with Gasteiger partial charge >= 0.3 is 0 Å². The molecule has 0 aliphatic heterocycles. The van der Waals surface area contributed by atoms with Crippen LogP contribution in [0, 0.1) is 13.8 Å². The summed E-state index contributed by atoms with van der Waals surface area (Å²) < 4.78 is 0. The number of aryl methyl sites for hydroxylation is 2. The molecule has 94 valence electrons. The fraction of sp³-hybridized carbons (Fsp3) is 0.125. The molecule has 2 nitrogen and oxygen atoms in total. The molecule has 0 N–H and O–H groups in total. The predicted molar refractivity (Wildman–Crippen MR) is 80.3 cm³/mol. The quantitative estimate of drug-likeness (QED) is 0.683. The van der Waals surface area contributed by atoms with Crippen molar-refractivity contribution in [2.24, 2.45) is 0 Å². The fourth-order valence-electron chi connectivity index (χ4n) is 2.12. The van der Waals surface area contributed by atoms with E-state index >= 15 is 0 Å². The largest absolute Gasteiger partial charge is 0.264 e. The first-order valence-corrected chi connectivity index (χ1v) is 7.05. The average molecular weight is 266 g/mol. The van der Waals surface area contributed by atoms with Crippen LogP contribution in [0.5, 0.6) is 0 Å². The number of aromatic nitrogens is 2. The SMILES string of the molecule is Cc1ccc(-c2csc(-c3cccnc3)n2)c(C)c1. The minimum absolute atomic E-state index is 1.02. The minimum Gasteiger partial charge on any atom is -0.264 e. The second kappa shape index (κ2) is 4.94. The molecule has 1 aromatic carbocycles. The number of hydrogen-bond acceptors (Lipinski definition) is 3. The van der Waals surface area contributed by atoms with Gasteiger partial charge in [-0.3, -0.25) is 4.98 Å². The van der Waals surface area contributed by atoms with Crippen LogP contribution in [0.3, 0.4) is 0 Å². The van der Waals surface area contributed by atoms with E-state index in [9.17, 15) is 0 Å². The van der Waals surface area contributed by atoms with Gasteiger partial charge in [0.15, 0.2) is 0 Å². The highest BCUT2D eigenvalue weighted by Gasteiger charge is 2.08. The molecule has 0 bridgehead atoms. The Morgan fingerprint density at radius 1 is 1.11 bits per heavy atom. The average Bonchev–Trinajstić information content (AvgIpc) is 2.89. The molecule has 0 spiro atoms. The van der Waals surface area contributed by atoms with E-state index in [0.29, 0.717) is 0 Å². The van der Waals surface area contributed by atoms with Crippen molar-refractivity contribution >= 4 is 11.3 Å². The number of rotatable bonds is 2. The molecule has 0 radical (unpaired) electrons. The van der Waals surface area contributed by atoms with E-state index in [2.05, 4.69) is 42.4 Å². The third kappa shape index (κ3) is 2.42. The molecule has 0 aliphatic carbocycles. The Morgan fingerprint density at radius 2 is 2.00 bits per heavy atom. The number of hydrogen-bond donors (Lipinski definition) is 0. The molecular formula is C16H14N2S. The third-order valence-corrected chi connectivity index (χ3v) is 3.96. The van der Waals surface area contributed by atoms with Crippen LogP contribution in [0.25, 0.3) is 21.8 Å². The second-order valence-electron chi connectivity index (χ2n) is 4.60. The van der Waals surface area contributed by atoms with Crippen LogP contribution in [0.2, 0.25) is 0 Å². The van der Waals surface area contributed by atoms with Gasteiger partial charge in [0.05, 0.1) is 5.69 Å². The molecule has 19 heavy (non-hydrogen) atoms. The Morgan fingerprint density at radius 3 is 2.74 bits per heavy atom. The van der Waals surface area contributed by atoms with Gasteiger partial charge in [0.25, 0.3) is 0 Å². The van der Waals surface area contributed by atoms with Gasteiger partial charge in [0, 0.05) is 28.9 Å².